The summed E-state index contributed by atoms with van der Waals surface area (Å²) < 4.78 is 5.08. The van der Waals surface area contributed by atoms with E-state index in [9.17, 15) is 4.79 Å². The molecular weight excluding hydrogens is 382 g/mol. The van der Waals surface area contributed by atoms with E-state index in [-0.39, 0.29) is 6.09 Å². The molecule has 27 heavy (non-hydrogen) atoms. The van der Waals surface area contributed by atoms with E-state index in [2.05, 4.69) is 26.3 Å². The molecule has 9 heteroatoms. The minimum Gasteiger partial charge on any atom is -0.450 e. The standard InChI is InChI=1S/C18H19N5O2S2/c1-2-25-18(24)23-7-5-22(6-8-23)17-20-11-14(13-3-9-26-12-13)15(21-17)16-19-4-10-27-16/h3-4,9-12H,2,5-8H2,1H3. The summed E-state index contributed by atoms with van der Waals surface area (Å²) in [6.07, 6.45) is 3.41. The third-order valence-corrected chi connectivity index (χ3v) is 5.79. The lowest BCUT2D eigenvalue weighted by Crippen LogP contribution is -2.49. The molecule has 1 fully saturated rings. The predicted octanol–water partition coefficient (Wildman–Crippen LogP) is 3.61. The fraction of sp³-hybridized carbons (Fsp3) is 0.333. The van der Waals surface area contributed by atoms with E-state index in [0.29, 0.717) is 38.7 Å². The van der Waals surface area contributed by atoms with Crippen LogP contribution in [-0.4, -0.2) is 58.7 Å². The number of anilines is 1. The highest BCUT2D eigenvalue weighted by atomic mass is 32.1. The van der Waals surface area contributed by atoms with Crippen LogP contribution in [0.2, 0.25) is 0 Å². The second kappa shape index (κ2) is 8.01. The first-order valence-electron chi connectivity index (χ1n) is 8.72. The highest BCUT2D eigenvalue weighted by molar-refractivity contribution is 7.13. The SMILES string of the molecule is CCOC(=O)N1CCN(c2ncc(-c3ccsc3)c(-c3nccs3)n2)CC1. The van der Waals surface area contributed by atoms with Gasteiger partial charge in [0.15, 0.2) is 0 Å². The van der Waals surface area contributed by atoms with Crippen LogP contribution < -0.4 is 4.90 Å². The van der Waals surface area contributed by atoms with Crippen molar-refractivity contribution in [2.45, 2.75) is 6.92 Å². The van der Waals surface area contributed by atoms with Crippen molar-refractivity contribution >= 4 is 34.7 Å². The Kier molecular flexibility index (Phi) is 5.30. The fourth-order valence-electron chi connectivity index (χ4n) is 2.96. The van der Waals surface area contributed by atoms with E-state index < -0.39 is 0 Å². The maximum atomic E-state index is 11.9. The van der Waals surface area contributed by atoms with Gasteiger partial charge < -0.3 is 14.5 Å². The normalized spacial score (nSPS) is 14.4. The van der Waals surface area contributed by atoms with Crippen LogP contribution in [-0.2, 0) is 4.74 Å². The minimum atomic E-state index is -0.255. The summed E-state index contributed by atoms with van der Waals surface area (Å²) in [6, 6.07) is 2.07. The number of rotatable bonds is 4. The summed E-state index contributed by atoms with van der Waals surface area (Å²) in [7, 11) is 0. The zero-order chi connectivity index (χ0) is 18.6. The number of carbonyl (C=O) groups excluding carboxylic acids is 1. The van der Waals surface area contributed by atoms with Gasteiger partial charge >= 0.3 is 6.09 Å². The van der Waals surface area contributed by atoms with Crippen LogP contribution in [0.1, 0.15) is 6.92 Å². The number of thiophene rings is 1. The van der Waals surface area contributed by atoms with Gasteiger partial charge in [-0.3, -0.25) is 0 Å². The molecule has 4 heterocycles. The van der Waals surface area contributed by atoms with Gasteiger partial charge in [-0.1, -0.05) is 0 Å². The second-order valence-corrected chi connectivity index (χ2v) is 7.63. The van der Waals surface area contributed by atoms with Crippen molar-refractivity contribution in [1.29, 1.82) is 0 Å². The Labute approximate surface area is 165 Å². The second-order valence-electron chi connectivity index (χ2n) is 5.95. The molecule has 1 saturated heterocycles. The van der Waals surface area contributed by atoms with Crippen LogP contribution in [0.25, 0.3) is 21.8 Å². The molecular formula is C18H19N5O2S2. The van der Waals surface area contributed by atoms with Gasteiger partial charge in [-0.15, -0.1) is 11.3 Å². The summed E-state index contributed by atoms with van der Waals surface area (Å²) >= 11 is 3.21. The van der Waals surface area contributed by atoms with Crippen molar-refractivity contribution in [2.75, 3.05) is 37.7 Å². The summed E-state index contributed by atoms with van der Waals surface area (Å²) in [5, 5.41) is 6.97. The Morgan fingerprint density at radius 2 is 2.07 bits per heavy atom. The molecule has 0 bridgehead atoms. The van der Waals surface area contributed by atoms with E-state index in [0.717, 1.165) is 21.8 Å². The first-order chi connectivity index (χ1) is 13.3. The first kappa shape index (κ1) is 17.9. The van der Waals surface area contributed by atoms with E-state index in [4.69, 9.17) is 9.72 Å². The van der Waals surface area contributed by atoms with Crippen molar-refractivity contribution in [1.82, 2.24) is 19.9 Å². The highest BCUT2D eigenvalue weighted by Crippen LogP contribution is 2.33. The molecule has 0 spiro atoms. The molecule has 140 valence electrons. The van der Waals surface area contributed by atoms with E-state index in [1.165, 1.54) is 0 Å². The van der Waals surface area contributed by atoms with Crippen LogP contribution in [0.15, 0.2) is 34.6 Å². The molecule has 1 amide bonds. The number of hydrogen-bond acceptors (Lipinski definition) is 8. The lowest BCUT2D eigenvalue weighted by molar-refractivity contribution is 0.105. The maximum Gasteiger partial charge on any atom is 0.409 e. The van der Waals surface area contributed by atoms with Gasteiger partial charge in [-0.2, -0.15) is 11.3 Å². The lowest BCUT2D eigenvalue weighted by atomic mass is 10.1. The van der Waals surface area contributed by atoms with Gasteiger partial charge in [0.2, 0.25) is 5.95 Å². The number of thiazole rings is 1. The van der Waals surface area contributed by atoms with E-state index in [1.54, 1.807) is 33.8 Å². The van der Waals surface area contributed by atoms with Gasteiger partial charge in [-0.05, 0) is 29.3 Å². The minimum absolute atomic E-state index is 0.255. The Balaban J connectivity index is 1.58. The molecule has 1 aliphatic rings. The highest BCUT2D eigenvalue weighted by Gasteiger charge is 2.24. The number of aromatic nitrogens is 3. The monoisotopic (exact) mass is 401 g/mol. The third-order valence-electron chi connectivity index (χ3n) is 4.33. The molecule has 3 aromatic heterocycles. The van der Waals surface area contributed by atoms with Crippen molar-refractivity contribution in [2.24, 2.45) is 0 Å². The average Bonchev–Trinajstić information content (AvgIpc) is 3.42. The number of piperazine rings is 1. The number of hydrogen-bond donors (Lipinski definition) is 0. The molecule has 4 rings (SSSR count). The van der Waals surface area contributed by atoms with Crippen LogP contribution >= 0.6 is 22.7 Å². The predicted molar refractivity (Wildman–Crippen MR) is 107 cm³/mol. The van der Waals surface area contributed by atoms with Gasteiger partial charge in [-0.25, -0.2) is 19.7 Å². The number of nitrogens with zero attached hydrogens (tertiary/aromatic N) is 5. The number of amides is 1. The summed E-state index contributed by atoms with van der Waals surface area (Å²) in [4.78, 5) is 29.6. The van der Waals surface area contributed by atoms with Gasteiger partial charge in [0.1, 0.15) is 10.7 Å². The maximum absolute atomic E-state index is 11.9. The Morgan fingerprint density at radius 1 is 1.22 bits per heavy atom. The molecule has 7 nitrogen and oxygen atoms in total. The van der Waals surface area contributed by atoms with E-state index in [1.807, 2.05) is 23.9 Å². The van der Waals surface area contributed by atoms with Gasteiger partial charge in [0, 0.05) is 49.5 Å². The van der Waals surface area contributed by atoms with Crippen LogP contribution in [0.5, 0.6) is 0 Å². The van der Waals surface area contributed by atoms with Crippen LogP contribution in [0, 0.1) is 0 Å². The summed E-state index contributed by atoms with van der Waals surface area (Å²) in [5.74, 6) is 0.669. The Morgan fingerprint density at radius 3 is 2.74 bits per heavy atom. The quantitative estimate of drug-likeness (QED) is 0.665. The lowest BCUT2D eigenvalue weighted by Gasteiger charge is -2.34. The van der Waals surface area contributed by atoms with E-state index >= 15 is 0 Å². The Bertz CT molecular complexity index is 891. The molecule has 0 saturated carbocycles. The molecule has 0 radical (unpaired) electrons. The fourth-order valence-corrected chi connectivity index (χ4v) is 4.26. The zero-order valence-electron chi connectivity index (χ0n) is 14.9. The summed E-state index contributed by atoms with van der Waals surface area (Å²) in [5.41, 5.74) is 2.94. The van der Waals surface area contributed by atoms with Crippen molar-refractivity contribution in [3.8, 4) is 21.8 Å². The molecule has 1 aliphatic heterocycles. The molecule has 0 aliphatic carbocycles. The largest absolute Gasteiger partial charge is 0.450 e. The number of carbonyl (C=O) groups is 1. The molecule has 0 aromatic carbocycles. The van der Waals surface area contributed by atoms with Crippen LogP contribution in [0.4, 0.5) is 10.7 Å². The zero-order valence-corrected chi connectivity index (χ0v) is 16.5. The van der Waals surface area contributed by atoms with Crippen molar-refractivity contribution < 1.29 is 9.53 Å². The average molecular weight is 402 g/mol. The van der Waals surface area contributed by atoms with Crippen molar-refractivity contribution in [3.05, 3.63) is 34.6 Å². The van der Waals surface area contributed by atoms with Gasteiger partial charge in [0.25, 0.3) is 0 Å². The van der Waals surface area contributed by atoms with Crippen LogP contribution in [0.3, 0.4) is 0 Å². The number of ether oxygens (including phenoxy) is 1. The smallest absolute Gasteiger partial charge is 0.409 e. The Hall–Kier alpha value is -2.52. The van der Waals surface area contributed by atoms with Gasteiger partial charge in [0.05, 0.1) is 6.61 Å². The molecule has 3 aromatic rings. The topological polar surface area (TPSA) is 71.5 Å². The van der Waals surface area contributed by atoms with Crippen molar-refractivity contribution in [3.63, 3.8) is 0 Å². The third kappa shape index (κ3) is 3.79. The molecule has 0 atom stereocenters. The summed E-state index contributed by atoms with van der Waals surface area (Å²) in [6.45, 7) is 4.75. The first-order valence-corrected chi connectivity index (χ1v) is 10.5. The molecule has 0 N–H and O–H groups in total. The molecule has 0 unspecified atom stereocenters.